The maximum Gasteiger partial charge on any atom is 0.234 e. The molecule has 3 N–H and O–H groups in total. The summed E-state index contributed by atoms with van der Waals surface area (Å²) in [6.45, 7) is 9.21. The van der Waals surface area contributed by atoms with Crippen LogP contribution in [-0.2, 0) is 9.59 Å². The number of carbonyl (C=O) groups is 2. The molecule has 0 aliphatic carbocycles. The van der Waals surface area contributed by atoms with E-state index in [1.54, 1.807) is 6.08 Å². The SMILES string of the molecule is C=CCNC(=O)CN1CCN(C(=O)CC(N)CC)CC1. The van der Waals surface area contributed by atoms with Crippen molar-refractivity contribution in [1.29, 1.82) is 0 Å². The Morgan fingerprint density at radius 2 is 2.00 bits per heavy atom. The number of carbonyl (C=O) groups excluding carboxylic acids is 2. The van der Waals surface area contributed by atoms with Crippen LogP contribution in [0.2, 0.25) is 0 Å². The van der Waals surface area contributed by atoms with E-state index in [-0.39, 0.29) is 17.9 Å². The number of hydrogen-bond acceptors (Lipinski definition) is 4. The van der Waals surface area contributed by atoms with Gasteiger partial charge >= 0.3 is 0 Å². The highest BCUT2D eigenvalue weighted by Gasteiger charge is 2.22. The first-order valence-corrected chi connectivity index (χ1v) is 7.20. The Morgan fingerprint density at radius 3 is 2.55 bits per heavy atom. The molecule has 6 heteroatoms. The van der Waals surface area contributed by atoms with Crippen LogP contribution in [0.15, 0.2) is 12.7 Å². The molecule has 0 spiro atoms. The quantitative estimate of drug-likeness (QED) is 0.621. The van der Waals surface area contributed by atoms with Crippen LogP contribution in [0.5, 0.6) is 0 Å². The number of nitrogens with one attached hydrogen (secondary N) is 1. The standard InChI is InChI=1S/C14H26N4O2/c1-3-5-16-13(19)11-17-6-8-18(9-7-17)14(20)10-12(15)4-2/h3,12H,1,4-11,15H2,2H3,(H,16,19). The van der Waals surface area contributed by atoms with E-state index in [0.29, 0.717) is 32.6 Å². The molecule has 0 aromatic heterocycles. The van der Waals surface area contributed by atoms with E-state index in [1.807, 2.05) is 11.8 Å². The van der Waals surface area contributed by atoms with Gasteiger partial charge in [-0.3, -0.25) is 14.5 Å². The summed E-state index contributed by atoms with van der Waals surface area (Å²) in [5.41, 5.74) is 5.80. The van der Waals surface area contributed by atoms with Crippen molar-refractivity contribution in [2.45, 2.75) is 25.8 Å². The number of nitrogens with two attached hydrogens (primary N) is 1. The fourth-order valence-electron chi connectivity index (χ4n) is 2.10. The van der Waals surface area contributed by atoms with Crippen LogP contribution < -0.4 is 11.1 Å². The highest BCUT2D eigenvalue weighted by molar-refractivity contribution is 5.78. The minimum atomic E-state index is -0.0507. The van der Waals surface area contributed by atoms with E-state index >= 15 is 0 Å². The topological polar surface area (TPSA) is 78.7 Å². The van der Waals surface area contributed by atoms with Crippen LogP contribution in [0.25, 0.3) is 0 Å². The lowest BCUT2D eigenvalue weighted by atomic mass is 10.1. The molecule has 1 aliphatic heterocycles. The molecule has 1 rings (SSSR count). The van der Waals surface area contributed by atoms with Gasteiger partial charge in [-0.2, -0.15) is 0 Å². The maximum absolute atomic E-state index is 12.0. The van der Waals surface area contributed by atoms with Gasteiger partial charge in [0.1, 0.15) is 0 Å². The molecule has 0 aromatic carbocycles. The molecule has 1 aliphatic rings. The Hall–Kier alpha value is -1.40. The van der Waals surface area contributed by atoms with Gasteiger partial charge < -0.3 is 16.0 Å². The lowest BCUT2D eigenvalue weighted by Crippen LogP contribution is -2.51. The van der Waals surface area contributed by atoms with E-state index < -0.39 is 0 Å². The van der Waals surface area contributed by atoms with E-state index in [9.17, 15) is 9.59 Å². The zero-order valence-corrected chi connectivity index (χ0v) is 12.3. The molecule has 0 bridgehead atoms. The van der Waals surface area contributed by atoms with Crippen molar-refractivity contribution in [1.82, 2.24) is 15.1 Å². The predicted molar refractivity (Wildman–Crippen MR) is 79.1 cm³/mol. The number of piperazine rings is 1. The predicted octanol–water partition coefficient (Wildman–Crippen LogP) is -0.440. The number of hydrogen-bond donors (Lipinski definition) is 2. The van der Waals surface area contributed by atoms with Crippen LogP contribution in [0.4, 0.5) is 0 Å². The zero-order chi connectivity index (χ0) is 15.0. The second-order valence-corrected chi connectivity index (χ2v) is 5.12. The van der Waals surface area contributed by atoms with Crippen molar-refractivity contribution in [3.05, 3.63) is 12.7 Å². The summed E-state index contributed by atoms with van der Waals surface area (Å²) in [6, 6.07) is -0.0507. The molecule has 20 heavy (non-hydrogen) atoms. The highest BCUT2D eigenvalue weighted by Crippen LogP contribution is 2.05. The molecule has 1 saturated heterocycles. The third kappa shape index (κ3) is 5.71. The molecule has 0 saturated carbocycles. The van der Waals surface area contributed by atoms with Crippen LogP contribution in [0, 0.1) is 0 Å². The van der Waals surface area contributed by atoms with Crippen LogP contribution >= 0.6 is 0 Å². The van der Waals surface area contributed by atoms with Gasteiger partial charge in [0.25, 0.3) is 0 Å². The molecular formula is C14H26N4O2. The van der Waals surface area contributed by atoms with Gasteiger partial charge in [0.05, 0.1) is 6.54 Å². The molecule has 1 heterocycles. The maximum atomic E-state index is 12.0. The van der Waals surface area contributed by atoms with Crippen LogP contribution in [0.3, 0.4) is 0 Å². The van der Waals surface area contributed by atoms with Gasteiger partial charge in [-0.05, 0) is 6.42 Å². The molecule has 1 unspecified atom stereocenters. The molecule has 0 radical (unpaired) electrons. The third-order valence-electron chi connectivity index (χ3n) is 3.50. The summed E-state index contributed by atoms with van der Waals surface area (Å²) in [6.07, 6.45) is 2.89. The Labute approximate surface area is 121 Å². The average molecular weight is 282 g/mol. The first-order valence-electron chi connectivity index (χ1n) is 7.20. The average Bonchev–Trinajstić information content (AvgIpc) is 2.45. The van der Waals surface area contributed by atoms with E-state index in [2.05, 4.69) is 16.8 Å². The first-order chi connectivity index (χ1) is 9.56. The summed E-state index contributed by atoms with van der Waals surface area (Å²) >= 11 is 0. The van der Waals surface area contributed by atoms with Crippen molar-refractivity contribution in [2.75, 3.05) is 39.3 Å². The number of nitrogens with zero attached hydrogens (tertiary/aromatic N) is 2. The van der Waals surface area contributed by atoms with E-state index in [4.69, 9.17) is 5.73 Å². The second-order valence-electron chi connectivity index (χ2n) is 5.12. The molecule has 1 atom stereocenters. The highest BCUT2D eigenvalue weighted by atomic mass is 16.2. The summed E-state index contributed by atoms with van der Waals surface area (Å²) in [4.78, 5) is 27.4. The Balaban J connectivity index is 2.27. The fraction of sp³-hybridized carbons (Fsp3) is 0.714. The van der Waals surface area contributed by atoms with E-state index in [0.717, 1.165) is 19.5 Å². The fourth-order valence-corrected chi connectivity index (χ4v) is 2.10. The second kappa shape index (κ2) is 8.71. The molecule has 2 amide bonds. The largest absolute Gasteiger partial charge is 0.352 e. The van der Waals surface area contributed by atoms with Gasteiger partial charge in [0, 0.05) is 45.2 Å². The number of rotatable bonds is 7. The first kappa shape index (κ1) is 16.7. The monoisotopic (exact) mass is 282 g/mol. The third-order valence-corrected chi connectivity index (χ3v) is 3.50. The van der Waals surface area contributed by atoms with Crippen molar-refractivity contribution in [3.63, 3.8) is 0 Å². The summed E-state index contributed by atoms with van der Waals surface area (Å²) in [5.74, 6) is 0.118. The Bertz CT molecular complexity index is 338. The normalized spacial score (nSPS) is 17.6. The molecule has 114 valence electrons. The molecule has 0 aromatic rings. The van der Waals surface area contributed by atoms with Crippen LogP contribution in [-0.4, -0.2) is 66.9 Å². The zero-order valence-electron chi connectivity index (χ0n) is 12.3. The van der Waals surface area contributed by atoms with Crippen molar-refractivity contribution < 1.29 is 9.59 Å². The lowest BCUT2D eigenvalue weighted by molar-refractivity contribution is -0.133. The minimum Gasteiger partial charge on any atom is -0.352 e. The summed E-state index contributed by atoms with van der Waals surface area (Å²) < 4.78 is 0. The van der Waals surface area contributed by atoms with Gasteiger partial charge in [-0.15, -0.1) is 6.58 Å². The molecular weight excluding hydrogens is 256 g/mol. The van der Waals surface area contributed by atoms with Crippen molar-refractivity contribution >= 4 is 11.8 Å². The van der Waals surface area contributed by atoms with Crippen LogP contribution in [0.1, 0.15) is 19.8 Å². The van der Waals surface area contributed by atoms with Crippen molar-refractivity contribution in [3.8, 4) is 0 Å². The van der Waals surface area contributed by atoms with Gasteiger partial charge in [-0.25, -0.2) is 0 Å². The molecule has 6 nitrogen and oxygen atoms in total. The van der Waals surface area contributed by atoms with Gasteiger partial charge in [0.15, 0.2) is 0 Å². The van der Waals surface area contributed by atoms with E-state index in [1.165, 1.54) is 0 Å². The summed E-state index contributed by atoms with van der Waals surface area (Å²) in [7, 11) is 0. The smallest absolute Gasteiger partial charge is 0.234 e. The summed E-state index contributed by atoms with van der Waals surface area (Å²) in [5, 5.41) is 2.75. The lowest BCUT2D eigenvalue weighted by Gasteiger charge is -2.34. The van der Waals surface area contributed by atoms with Gasteiger partial charge in [-0.1, -0.05) is 13.0 Å². The van der Waals surface area contributed by atoms with Crippen molar-refractivity contribution in [2.24, 2.45) is 5.73 Å². The van der Waals surface area contributed by atoms with Gasteiger partial charge in [0.2, 0.25) is 11.8 Å². The Kier molecular flexibility index (Phi) is 7.25. The minimum absolute atomic E-state index is 0.00215. The number of amides is 2. The molecule has 1 fully saturated rings. The Morgan fingerprint density at radius 1 is 1.35 bits per heavy atom.